The van der Waals surface area contributed by atoms with Crippen molar-refractivity contribution in [3.8, 4) is 0 Å². The van der Waals surface area contributed by atoms with E-state index < -0.39 is 5.41 Å². The lowest BCUT2D eigenvalue weighted by Gasteiger charge is -2.28. The monoisotopic (exact) mass is 296 g/mol. The second kappa shape index (κ2) is 7.09. The lowest BCUT2D eigenvalue weighted by atomic mass is 9.81. The Balaban J connectivity index is 0.00000200. The normalized spacial score (nSPS) is 13.6. The second-order valence-electron chi connectivity index (χ2n) is 5.48. The van der Waals surface area contributed by atoms with Crippen molar-refractivity contribution < 1.29 is 4.79 Å². The number of nitrogens with two attached hydrogens (primary N) is 1. The van der Waals surface area contributed by atoms with Crippen LogP contribution in [0.1, 0.15) is 44.2 Å². The maximum absolute atomic E-state index is 12.4. The topological polar surface area (TPSA) is 55.1 Å². The highest BCUT2D eigenvalue weighted by molar-refractivity contribution is 5.95. The smallest absolute Gasteiger partial charge is 0.231 e. The third-order valence-electron chi connectivity index (χ3n) is 4.58. The number of carbonyl (C=O) groups is 1. The summed E-state index contributed by atoms with van der Waals surface area (Å²) in [6.45, 7) is 4.45. The fourth-order valence-electron chi connectivity index (χ4n) is 2.87. The summed E-state index contributed by atoms with van der Waals surface area (Å²) in [4.78, 5) is 12.4. The van der Waals surface area contributed by atoms with Crippen molar-refractivity contribution in [1.29, 1.82) is 0 Å². The highest BCUT2D eigenvalue weighted by Gasteiger charge is 2.33. The first-order valence-electron chi connectivity index (χ1n) is 7.28. The highest BCUT2D eigenvalue weighted by atomic mass is 35.5. The average Bonchev–Trinajstić information content (AvgIpc) is 2.89. The second-order valence-corrected chi connectivity index (χ2v) is 5.48. The van der Waals surface area contributed by atoms with Gasteiger partial charge in [-0.15, -0.1) is 12.4 Å². The lowest BCUT2D eigenvalue weighted by Crippen LogP contribution is -2.41. The van der Waals surface area contributed by atoms with E-state index >= 15 is 0 Å². The summed E-state index contributed by atoms with van der Waals surface area (Å²) in [6.07, 6.45) is 5.07. The summed E-state index contributed by atoms with van der Waals surface area (Å²) in [5.41, 5.74) is 9.09. The van der Waals surface area contributed by atoms with Crippen LogP contribution in [-0.2, 0) is 17.6 Å². The van der Waals surface area contributed by atoms with E-state index in [1.54, 1.807) is 0 Å². The van der Waals surface area contributed by atoms with Crippen LogP contribution in [0.15, 0.2) is 18.2 Å². The van der Waals surface area contributed by atoms with Crippen LogP contribution in [0.5, 0.6) is 0 Å². The van der Waals surface area contributed by atoms with Gasteiger partial charge in [0.1, 0.15) is 0 Å². The summed E-state index contributed by atoms with van der Waals surface area (Å²) < 4.78 is 0. The van der Waals surface area contributed by atoms with Gasteiger partial charge in [0.05, 0.1) is 5.41 Å². The Bertz CT molecular complexity index is 461. The lowest BCUT2D eigenvalue weighted by molar-refractivity contribution is -0.125. The Morgan fingerprint density at radius 2 is 1.90 bits per heavy atom. The van der Waals surface area contributed by atoms with E-state index in [-0.39, 0.29) is 18.3 Å². The molecule has 1 aliphatic rings. The number of fused-ring (bicyclic) bond motifs is 1. The SMILES string of the molecule is CCC(CC)(CN)C(=O)Nc1ccc2c(c1)CCC2.Cl. The van der Waals surface area contributed by atoms with Gasteiger partial charge in [-0.3, -0.25) is 4.79 Å². The highest BCUT2D eigenvalue weighted by Crippen LogP contribution is 2.29. The van der Waals surface area contributed by atoms with Gasteiger partial charge in [-0.2, -0.15) is 0 Å². The van der Waals surface area contributed by atoms with Gasteiger partial charge in [0, 0.05) is 12.2 Å². The summed E-state index contributed by atoms with van der Waals surface area (Å²) in [7, 11) is 0. The van der Waals surface area contributed by atoms with Crippen molar-refractivity contribution in [2.45, 2.75) is 46.0 Å². The standard InChI is InChI=1S/C16H24N2O.ClH/c1-3-16(4-2,11-17)15(19)18-14-9-8-12-6-5-7-13(12)10-14;/h8-10H,3-7,11,17H2,1-2H3,(H,18,19);1H. The molecule has 20 heavy (non-hydrogen) atoms. The summed E-state index contributed by atoms with van der Waals surface area (Å²) in [5.74, 6) is 0.0537. The molecule has 0 fully saturated rings. The number of aryl methyl sites for hydroxylation is 2. The van der Waals surface area contributed by atoms with Crippen molar-refractivity contribution in [3.63, 3.8) is 0 Å². The minimum absolute atomic E-state index is 0. The van der Waals surface area contributed by atoms with Gasteiger partial charge in [0.25, 0.3) is 0 Å². The molecule has 0 aliphatic heterocycles. The van der Waals surface area contributed by atoms with Gasteiger partial charge >= 0.3 is 0 Å². The number of carbonyl (C=O) groups excluding carboxylic acids is 1. The molecule has 0 saturated carbocycles. The zero-order valence-electron chi connectivity index (χ0n) is 12.4. The minimum atomic E-state index is -0.432. The minimum Gasteiger partial charge on any atom is -0.329 e. The van der Waals surface area contributed by atoms with Crippen LogP contribution in [0.3, 0.4) is 0 Å². The molecule has 1 aliphatic carbocycles. The Kier molecular flexibility index (Phi) is 6.03. The van der Waals surface area contributed by atoms with Gasteiger partial charge in [-0.05, 0) is 55.4 Å². The van der Waals surface area contributed by atoms with Crippen LogP contribution < -0.4 is 11.1 Å². The van der Waals surface area contributed by atoms with Gasteiger partial charge < -0.3 is 11.1 Å². The third-order valence-corrected chi connectivity index (χ3v) is 4.58. The predicted molar refractivity (Wildman–Crippen MR) is 86.4 cm³/mol. The van der Waals surface area contributed by atoms with Gasteiger partial charge in [0.2, 0.25) is 5.91 Å². The molecule has 2 rings (SSSR count). The molecule has 0 aromatic heterocycles. The van der Waals surface area contributed by atoms with E-state index in [0.717, 1.165) is 24.9 Å². The van der Waals surface area contributed by atoms with Crippen LogP contribution in [0.4, 0.5) is 5.69 Å². The molecule has 4 heteroatoms. The zero-order chi connectivity index (χ0) is 13.9. The van der Waals surface area contributed by atoms with Gasteiger partial charge in [0.15, 0.2) is 0 Å². The molecule has 3 nitrogen and oxygen atoms in total. The number of amides is 1. The van der Waals surface area contributed by atoms with Crippen LogP contribution in [0, 0.1) is 5.41 Å². The quantitative estimate of drug-likeness (QED) is 0.876. The molecule has 0 spiro atoms. The summed E-state index contributed by atoms with van der Waals surface area (Å²) >= 11 is 0. The first kappa shape index (κ1) is 17.0. The first-order valence-corrected chi connectivity index (χ1v) is 7.28. The number of hydrogen-bond acceptors (Lipinski definition) is 2. The van der Waals surface area contributed by atoms with E-state index in [4.69, 9.17) is 5.73 Å². The van der Waals surface area contributed by atoms with Crippen molar-refractivity contribution in [2.75, 3.05) is 11.9 Å². The van der Waals surface area contributed by atoms with E-state index in [2.05, 4.69) is 17.4 Å². The molecule has 0 saturated heterocycles. The number of anilines is 1. The Labute approximate surface area is 127 Å². The van der Waals surface area contributed by atoms with Crippen molar-refractivity contribution >= 4 is 24.0 Å². The average molecular weight is 297 g/mol. The number of nitrogens with one attached hydrogen (secondary N) is 1. The molecule has 0 heterocycles. The Morgan fingerprint density at radius 1 is 1.25 bits per heavy atom. The maximum atomic E-state index is 12.4. The molecule has 0 radical (unpaired) electrons. The third kappa shape index (κ3) is 3.15. The van der Waals surface area contributed by atoms with Crippen molar-refractivity contribution in [3.05, 3.63) is 29.3 Å². The molecule has 0 bridgehead atoms. The van der Waals surface area contributed by atoms with E-state index in [1.807, 2.05) is 19.9 Å². The van der Waals surface area contributed by atoms with Crippen molar-refractivity contribution in [1.82, 2.24) is 0 Å². The number of benzene rings is 1. The summed E-state index contributed by atoms with van der Waals surface area (Å²) in [5, 5.41) is 3.05. The van der Waals surface area contributed by atoms with E-state index in [9.17, 15) is 4.79 Å². The van der Waals surface area contributed by atoms with Gasteiger partial charge in [-0.25, -0.2) is 0 Å². The molecule has 1 amide bonds. The van der Waals surface area contributed by atoms with Crippen LogP contribution in [0.25, 0.3) is 0 Å². The van der Waals surface area contributed by atoms with E-state index in [1.165, 1.54) is 24.0 Å². The predicted octanol–water partition coefficient (Wildman–Crippen LogP) is 3.30. The molecule has 0 atom stereocenters. The number of rotatable bonds is 5. The van der Waals surface area contributed by atoms with Gasteiger partial charge in [-0.1, -0.05) is 19.9 Å². The molecule has 3 N–H and O–H groups in total. The number of halogens is 1. The fourth-order valence-corrected chi connectivity index (χ4v) is 2.87. The van der Waals surface area contributed by atoms with Crippen LogP contribution in [0.2, 0.25) is 0 Å². The Morgan fingerprint density at radius 3 is 2.50 bits per heavy atom. The number of hydrogen-bond donors (Lipinski definition) is 2. The van der Waals surface area contributed by atoms with Crippen molar-refractivity contribution in [2.24, 2.45) is 11.1 Å². The zero-order valence-corrected chi connectivity index (χ0v) is 13.2. The molecule has 0 unspecified atom stereocenters. The maximum Gasteiger partial charge on any atom is 0.231 e. The summed E-state index contributed by atoms with van der Waals surface area (Å²) in [6, 6.07) is 6.27. The van der Waals surface area contributed by atoms with E-state index in [0.29, 0.717) is 6.54 Å². The molecule has 1 aromatic carbocycles. The fraction of sp³-hybridized carbons (Fsp3) is 0.562. The Hall–Kier alpha value is -1.06. The molecule has 112 valence electrons. The molecular weight excluding hydrogens is 272 g/mol. The molecular formula is C16H25ClN2O. The van der Waals surface area contributed by atoms with Crippen LogP contribution >= 0.6 is 12.4 Å². The first-order chi connectivity index (χ1) is 9.15. The van der Waals surface area contributed by atoms with Crippen LogP contribution in [-0.4, -0.2) is 12.5 Å². The largest absolute Gasteiger partial charge is 0.329 e. The molecule has 1 aromatic rings.